The molecule has 0 bridgehead atoms. The van der Waals surface area contributed by atoms with Crippen molar-refractivity contribution >= 4 is 34.8 Å². The third-order valence-corrected chi connectivity index (χ3v) is 4.01. The molecule has 0 atom stereocenters. The van der Waals surface area contributed by atoms with Crippen LogP contribution in [0.2, 0.25) is 10.0 Å². The molecule has 2 aromatic rings. The number of nitrogens with one attached hydrogen (secondary N) is 2. The number of carbonyl (C=O) groups excluding carboxylic acids is 1. The summed E-state index contributed by atoms with van der Waals surface area (Å²) >= 11 is 11.0. The van der Waals surface area contributed by atoms with Crippen LogP contribution in [0.4, 0.5) is 36.4 Å². The van der Waals surface area contributed by atoms with Crippen molar-refractivity contribution in [1.82, 2.24) is 5.32 Å². The number of rotatable bonds is 4. The van der Waals surface area contributed by atoms with Crippen LogP contribution in [0.3, 0.4) is 0 Å². The molecule has 1 amide bonds. The highest BCUT2D eigenvalue weighted by molar-refractivity contribution is 6.31. The van der Waals surface area contributed by atoms with E-state index in [-0.39, 0.29) is 5.02 Å². The highest BCUT2D eigenvalue weighted by Crippen LogP contribution is 2.44. The predicted molar refractivity (Wildman–Crippen MR) is 88.8 cm³/mol. The van der Waals surface area contributed by atoms with Crippen LogP contribution in [0.15, 0.2) is 42.5 Å². The molecule has 152 valence electrons. The van der Waals surface area contributed by atoms with Gasteiger partial charge in [0.05, 0.1) is 5.02 Å². The maximum atomic E-state index is 13.6. The van der Waals surface area contributed by atoms with Gasteiger partial charge in [0, 0.05) is 16.3 Å². The Bertz CT molecular complexity index is 870. The Labute approximate surface area is 163 Å². The second-order valence-corrected chi connectivity index (χ2v) is 6.31. The molecule has 12 heteroatoms. The normalized spacial score (nSPS) is 12.6. The lowest BCUT2D eigenvalue weighted by Gasteiger charge is -2.39. The average molecular weight is 449 g/mol. The van der Waals surface area contributed by atoms with Crippen LogP contribution in [-0.2, 0) is 0 Å². The lowest BCUT2D eigenvalue weighted by Crippen LogP contribution is -2.72. The van der Waals surface area contributed by atoms with Gasteiger partial charge in [-0.3, -0.25) is 4.79 Å². The zero-order valence-corrected chi connectivity index (χ0v) is 14.9. The molecule has 2 N–H and O–H groups in total. The van der Waals surface area contributed by atoms with Crippen LogP contribution in [0, 0.1) is 5.82 Å². The first-order valence-electron chi connectivity index (χ1n) is 7.21. The monoisotopic (exact) mass is 448 g/mol. The number of halogens is 9. The molecule has 0 fully saturated rings. The van der Waals surface area contributed by atoms with Gasteiger partial charge in [-0.25, -0.2) is 4.39 Å². The van der Waals surface area contributed by atoms with Gasteiger partial charge in [0.1, 0.15) is 5.82 Å². The highest BCUT2D eigenvalue weighted by atomic mass is 35.5. The number of benzene rings is 2. The molecule has 0 aliphatic carbocycles. The van der Waals surface area contributed by atoms with Gasteiger partial charge in [0.2, 0.25) is 0 Å². The Balaban J connectivity index is 2.54. The van der Waals surface area contributed by atoms with E-state index in [1.807, 2.05) is 0 Å². The van der Waals surface area contributed by atoms with Gasteiger partial charge in [-0.2, -0.15) is 26.3 Å². The molecule has 0 aliphatic rings. The molecule has 2 rings (SSSR count). The van der Waals surface area contributed by atoms with Crippen LogP contribution in [0.5, 0.6) is 0 Å². The van der Waals surface area contributed by atoms with Crippen molar-refractivity contribution in [3.8, 4) is 0 Å². The van der Waals surface area contributed by atoms with Crippen molar-refractivity contribution in [3.05, 3.63) is 63.9 Å². The molecule has 0 aromatic heterocycles. The molecule has 0 aliphatic heterocycles. The molecular formula is C16H9Cl2F7N2O. The Morgan fingerprint density at radius 3 is 2.00 bits per heavy atom. The fraction of sp³-hybridized carbons (Fsp3) is 0.188. The van der Waals surface area contributed by atoms with Crippen molar-refractivity contribution in [3.63, 3.8) is 0 Å². The van der Waals surface area contributed by atoms with Gasteiger partial charge in [0.25, 0.3) is 5.91 Å². The van der Waals surface area contributed by atoms with Crippen molar-refractivity contribution in [2.75, 3.05) is 5.32 Å². The van der Waals surface area contributed by atoms with Gasteiger partial charge in [-0.15, -0.1) is 0 Å². The molecule has 0 saturated carbocycles. The van der Waals surface area contributed by atoms with Crippen molar-refractivity contribution in [2.24, 2.45) is 0 Å². The smallest absolute Gasteiger partial charge is 0.348 e. The van der Waals surface area contributed by atoms with E-state index in [2.05, 4.69) is 0 Å². The maximum absolute atomic E-state index is 13.6. The number of amides is 1. The topological polar surface area (TPSA) is 41.1 Å². The zero-order chi connectivity index (χ0) is 21.3. The first kappa shape index (κ1) is 22.1. The molecule has 0 unspecified atom stereocenters. The summed E-state index contributed by atoms with van der Waals surface area (Å²) in [5.41, 5.74) is -6.25. The standard InChI is InChI=1S/C16H9Cl2F7N2O/c17-9-3-1-2-8(6-9)13(28)27-14(15(20,21)22,16(23,24)25)26-10-4-5-12(19)11(18)7-10/h1-7,26H,(H,27,28). The maximum Gasteiger partial charge on any atom is 0.439 e. The van der Waals surface area contributed by atoms with E-state index in [9.17, 15) is 35.5 Å². The van der Waals surface area contributed by atoms with Crippen molar-refractivity contribution < 1.29 is 35.5 Å². The second-order valence-electron chi connectivity index (χ2n) is 5.46. The van der Waals surface area contributed by atoms with Crippen LogP contribution in [0.25, 0.3) is 0 Å². The van der Waals surface area contributed by atoms with Gasteiger partial charge in [-0.05, 0) is 36.4 Å². The quantitative estimate of drug-likeness (QED) is 0.458. The van der Waals surface area contributed by atoms with E-state index in [4.69, 9.17) is 23.2 Å². The molecular weight excluding hydrogens is 440 g/mol. The first-order valence-corrected chi connectivity index (χ1v) is 7.97. The van der Waals surface area contributed by atoms with Crippen LogP contribution < -0.4 is 10.6 Å². The summed E-state index contributed by atoms with van der Waals surface area (Å²) in [4.78, 5) is 12.1. The van der Waals surface area contributed by atoms with Crippen molar-refractivity contribution in [2.45, 2.75) is 18.0 Å². The van der Waals surface area contributed by atoms with Gasteiger partial charge < -0.3 is 10.6 Å². The lowest BCUT2D eigenvalue weighted by molar-refractivity contribution is -0.294. The third-order valence-electron chi connectivity index (χ3n) is 3.49. The summed E-state index contributed by atoms with van der Waals surface area (Å²) in [7, 11) is 0. The first-order chi connectivity index (χ1) is 12.8. The molecule has 2 aromatic carbocycles. The fourth-order valence-corrected chi connectivity index (χ4v) is 2.51. The summed E-state index contributed by atoms with van der Waals surface area (Å²) in [5, 5.41) is 1.34. The zero-order valence-electron chi connectivity index (χ0n) is 13.4. The van der Waals surface area contributed by atoms with Crippen molar-refractivity contribution in [1.29, 1.82) is 0 Å². The summed E-state index contributed by atoms with van der Waals surface area (Å²) < 4.78 is 94.6. The predicted octanol–water partition coefficient (Wildman–Crippen LogP) is 5.80. The molecule has 28 heavy (non-hydrogen) atoms. The van der Waals surface area contributed by atoms with E-state index in [1.165, 1.54) is 17.4 Å². The number of alkyl halides is 6. The average Bonchev–Trinajstić information content (AvgIpc) is 2.55. The summed E-state index contributed by atoms with van der Waals surface area (Å²) in [6, 6.07) is 6.02. The van der Waals surface area contributed by atoms with Crippen LogP contribution in [0.1, 0.15) is 10.4 Å². The minimum atomic E-state index is -6.04. The van der Waals surface area contributed by atoms with E-state index < -0.39 is 46.0 Å². The lowest BCUT2D eigenvalue weighted by atomic mass is 10.1. The van der Waals surface area contributed by atoms with Crippen LogP contribution >= 0.6 is 23.2 Å². The Morgan fingerprint density at radius 2 is 1.50 bits per heavy atom. The summed E-state index contributed by atoms with van der Waals surface area (Å²) in [5.74, 6) is -2.75. The summed E-state index contributed by atoms with van der Waals surface area (Å²) in [6.07, 6.45) is -12.1. The largest absolute Gasteiger partial charge is 0.439 e. The van der Waals surface area contributed by atoms with E-state index >= 15 is 0 Å². The SMILES string of the molecule is O=C(NC(Nc1ccc(F)c(Cl)c1)(C(F)(F)F)C(F)(F)F)c1cccc(Cl)c1. The minimum absolute atomic E-state index is 0.0736. The molecule has 0 saturated heterocycles. The summed E-state index contributed by atoms with van der Waals surface area (Å²) in [6.45, 7) is 0. The van der Waals surface area contributed by atoms with E-state index in [0.717, 1.165) is 17.4 Å². The Morgan fingerprint density at radius 1 is 0.893 bits per heavy atom. The van der Waals surface area contributed by atoms with Crippen LogP contribution in [-0.4, -0.2) is 23.9 Å². The molecule has 0 spiro atoms. The fourth-order valence-electron chi connectivity index (χ4n) is 2.14. The molecule has 0 heterocycles. The number of hydrogen-bond donors (Lipinski definition) is 2. The highest BCUT2D eigenvalue weighted by Gasteiger charge is 2.72. The van der Waals surface area contributed by atoms with E-state index in [1.54, 1.807) is 0 Å². The van der Waals surface area contributed by atoms with Gasteiger partial charge in [0.15, 0.2) is 0 Å². The molecule has 0 radical (unpaired) electrons. The van der Waals surface area contributed by atoms with Gasteiger partial charge in [-0.1, -0.05) is 29.3 Å². The second kappa shape index (κ2) is 7.67. The Kier molecular flexibility index (Phi) is 6.05. The number of carbonyl (C=O) groups is 1. The van der Waals surface area contributed by atoms with E-state index in [0.29, 0.717) is 18.2 Å². The number of hydrogen-bond acceptors (Lipinski definition) is 2. The number of anilines is 1. The van der Waals surface area contributed by atoms with Gasteiger partial charge >= 0.3 is 18.0 Å². The minimum Gasteiger partial charge on any atom is -0.348 e. The molecule has 3 nitrogen and oxygen atoms in total. The Hall–Kier alpha value is -2.20. The third kappa shape index (κ3) is 4.44.